The summed E-state index contributed by atoms with van der Waals surface area (Å²) in [6.07, 6.45) is 9.69. The number of hydrogen-bond acceptors (Lipinski definition) is 14. The predicted octanol–water partition coefficient (Wildman–Crippen LogP) is 9.99. The van der Waals surface area contributed by atoms with Crippen LogP contribution in [0.2, 0.25) is 5.02 Å². The van der Waals surface area contributed by atoms with Gasteiger partial charge in [0.1, 0.15) is 31.6 Å². The van der Waals surface area contributed by atoms with Crippen LogP contribution in [0.25, 0.3) is 10.6 Å². The van der Waals surface area contributed by atoms with Crippen LogP contribution in [0, 0.1) is 12.8 Å². The number of anilines is 4. The quantitative estimate of drug-likeness (QED) is 0.0435. The molecule has 2 aromatic heterocycles. The van der Waals surface area contributed by atoms with Crippen molar-refractivity contribution in [1.29, 1.82) is 0 Å². The smallest absolute Gasteiger partial charge is 0.332 e. The van der Waals surface area contributed by atoms with Crippen LogP contribution in [-0.4, -0.2) is 84.4 Å². The number of halogens is 1. The number of amides is 3. The molecule has 0 bridgehead atoms. The van der Waals surface area contributed by atoms with Crippen molar-refractivity contribution >= 4 is 85.3 Å². The number of ether oxygens (including phenoxy) is 4. The number of rotatable bonds is 22. The second kappa shape index (κ2) is 23.8. The monoisotopic (exact) mass is 997 g/mol. The number of thiazole rings is 2. The van der Waals surface area contributed by atoms with E-state index in [9.17, 15) is 19.2 Å². The SMILES string of the molecule is Cc1nc(NC(=O)c2ccccc2)sc1-c1csc(Nc2cc(Cl)ccc2OCCOCCOCC(=O)OCc2ccc(NC(=O)C(c3ccccc3)N(C)C(=O)CC3=CN=C4C=CC=CC34)cc2)n1. The minimum atomic E-state index is -0.881. The van der Waals surface area contributed by atoms with Crippen molar-refractivity contribution in [2.24, 2.45) is 10.9 Å². The Morgan fingerprint density at radius 2 is 1.60 bits per heavy atom. The van der Waals surface area contributed by atoms with Gasteiger partial charge in [-0.25, -0.2) is 14.8 Å². The average Bonchev–Trinajstić information content (AvgIpc) is 4.11. The maximum atomic E-state index is 13.8. The summed E-state index contributed by atoms with van der Waals surface area (Å²) in [5.41, 5.74) is 6.32. The number of hydrogen-bond donors (Lipinski definition) is 3. The summed E-state index contributed by atoms with van der Waals surface area (Å²) >= 11 is 9.09. The Hall–Kier alpha value is -7.28. The Bertz CT molecular complexity index is 2940. The van der Waals surface area contributed by atoms with E-state index in [0.717, 1.165) is 27.5 Å². The summed E-state index contributed by atoms with van der Waals surface area (Å²) in [6.45, 7) is 2.51. The van der Waals surface area contributed by atoms with E-state index in [4.69, 9.17) is 35.5 Å². The van der Waals surface area contributed by atoms with E-state index in [1.807, 2.05) is 85.1 Å². The molecule has 1 aliphatic heterocycles. The fourth-order valence-electron chi connectivity index (χ4n) is 7.40. The summed E-state index contributed by atoms with van der Waals surface area (Å²) in [4.78, 5) is 68.5. The lowest BCUT2D eigenvalue weighted by Crippen LogP contribution is -2.39. The third-order valence-corrected chi connectivity index (χ3v) is 13.0. The summed E-state index contributed by atoms with van der Waals surface area (Å²) in [5.74, 6) is -0.836. The molecule has 0 saturated heterocycles. The number of nitrogens with zero attached hydrogens (tertiary/aromatic N) is 4. The molecule has 1 aliphatic carbocycles. The number of aryl methyl sites for hydroxylation is 1. The molecule has 0 radical (unpaired) electrons. The van der Waals surface area contributed by atoms with E-state index >= 15 is 0 Å². The Kier molecular flexibility index (Phi) is 16.7. The topological polar surface area (TPSA) is 183 Å². The van der Waals surface area contributed by atoms with Gasteiger partial charge < -0.3 is 34.5 Å². The zero-order valence-electron chi connectivity index (χ0n) is 38.1. The van der Waals surface area contributed by atoms with Gasteiger partial charge in [0.15, 0.2) is 10.3 Å². The van der Waals surface area contributed by atoms with Gasteiger partial charge in [-0.3, -0.25) is 24.7 Å². The lowest BCUT2D eigenvalue weighted by Gasteiger charge is -2.28. The van der Waals surface area contributed by atoms with Gasteiger partial charge >= 0.3 is 5.97 Å². The van der Waals surface area contributed by atoms with Crippen LogP contribution in [0.15, 0.2) is 150 Å². The fraction of sp³-hybridized carbons (Fsp3) is 0.212. The van der Waals surface area contributed by atoms with Gasteiger partial charge in [0.2, 0.25) is 5.91 Å². The van der Waals surface area contributed by atoms with Crippen molar-refractivity contribution in [2.45, 2.75) is 26.0 Å². The predicted molar refractivity (Wildman–Crippen MR) is 273 cm³/mol. The second-order valence-corrected chi connectivity index (χ2v) is 18.2. The number of carbonyl (C=O) groups is 4. The molecule has 358 valence electrons. The highest BCUT2D eigenvalue weighted by molar-refractivity contribution is 7.20. The largest absolute Gasteiger partial charge is 0.489 e. The number of likely N-dealkylation sites (N-methyl/N-ethyl adjacent to an activating group) is 1. The Morgan fingerprint density at radius 3 is 2.40 bits per heavy atom. The Labute approximate surface area is 417 Å². The molecule has 0 saturated carbocycles. The van der Waals surface area contributed by atoms with E-state index in [1.165, 1.54) is 27.6 Å². The van der Waals surface area contributed by atoms with Crippen molar-refractivity contribution in [3.63, 3.8) is 0 Å². The lowest BCUT2D eigenvalue weighted by atomic mass is 9.90. The molecule has 0 spiro atoms. The first-order chi connectivity index (χ1) is 34.1. The lowest BCUT2D eigenvalue weighted by molar-refractivity contribution is -0.150. The summed E-state index contributed by atoms with van der Waals surface area (Å²) < 4.78 is 22.5. The van der Waals surface area contributed by atoms with Crippen molar-refractivity contribution in [3.8, 4) is 16.3 Å². The summed E-state index contributed by atoms with van der Waals surface area (Å²) in [7, 11) is 1.63. The maximum Gasteiger partial charge on any atom is 0.332 e. The number of aliphatic imine (C=N–C) groups is 1. The number of esters is 1. The van der Waals surface area contributed by atoms with Crippen LogP contribution in [0.3, 0.4) is 0 Å². The van der Waals surface area contributed by atoms with Crippen molar-refractivity contribution in [2.75, 3.05) is 56.0 Å². The number of fused-ring (bicyclic) bond motifs is 1. The summed E-state index contributed by atoms with van der Waals surface area (Å²) in [5, 5.41) is 12.6. The molecule has 15 nitrogen and oxygen atoms in total. The van der Waals surface area contributed by atoms with Gasteiger partial charge in [0.05, 0.1) is 53.9 Å². The van der Waals surface area contributed by atoms with Crippen molar-refractivity contribution < 1.29 is 38.1 Å². The minimum absolute atomic E-state index is 0.00965. The van der Waals surface area contributed by atoms with Gasteiger partial charge in [-0.2, -0.15) is 0 Å². The van der Waals surface area contributed by atoms with Crippen LogP contribution < -0.4 is 20.7 Å². The van der Waals surface area contributed by atoms with Gasteiger partial charge in [-0.15, -0.1) is 11.3 Å². The van der Waals surface area contributed by atoms with Gasteiger partial charge in [-0.1, -0.05) is 102 Å². The molecule has 8 rings (SSSR count). The molecule has 3 N–H and O–H groups in total. The van der Waals surface area contributed by atoms with Gasteiger partial charge in [0.25, 0.3) is 11.8 Å². The molecule has 4 aromatic carbocycles. The molecular formula is C52H48ClN7O8S2. The van der Waals surface area contributed by atoms with Crippen LogP contribution >= 0.6 is 34.3 Å². The first-order valence-electron chi connectivity index (χ1n) is 22.2. The first kappa shape index (κ1) is 49.2. The highest BCUT2D eigenvalue weighted by Gasteiger charge is 2.31. The number of carbonyl (C=O) groups excluding carboxylic acids is 4. The normalized spacial score (nSPS) is 14.0. The van der Waals surface area contributed by atoms with Crippen LogP contribution in [0.1, 0.15) is 39.6 Å². The number of benzene rings is 4. The zero-order chi connectivity index (χ0) is 48.8. The molecule has 6 aromatic rings. The standard InChI is InChI=1S/C52H48ClN7O8S2/c1-33-48(70-52(55-33)59-49(63)36-13-7-4-8-14-36)43-32-69-51(58-43)57-42-28-38(53)19-22-44(42)67-26-25-65-23-24-66-31-46(62)68-30-34-17-20-39(21-18-34)56-50(64)47(35-11-5-3-6-12-35)60(2)45(61)27-37-29-54-41-16-10-9-15-40(37)41/h3-22,28-29,32,40,47H,23-27,30-31H2,1-2H3,(H,56,64)(H,57,58)(H,55,59,63). The molecule has 3 heterocycles. The Balaban J connectivity index is 0.724. The third kappa shape index (κ3) is 13.1. The van der Waals surface area contributed by atoms with Crippen LogP contribution in [-0.2, 0) is 35.2 Å². The first-order valence-corrected chi connectivity index (χ1v) is 24.3. The molecule has 0 fully saturated rings. The van der Waals surface area contributed by atoms with Gasteiger partial charge in [0, 0.05) is 40.8 Å². The van der Waals surface area contributed by atoms with Gasteiger partial charge in [-0.05, 0) is 72.2 Å². The molecule has 2 unspecified atom stereocenters. The highest BCUT2D eigenvalue weighted by Crippen LogP contribution is 2.37. The highest BCUT2D eigenvalue weighted by atomic mass is 35.5. The van der Waals surface area contributed by atoms with E-state index in [2.05, 4.69) is 25.9 Å². The van der Waals surface area contributed by atoms with E-state index in [1.54, 1.807) is 67.8 Å². The molecule has 3 amide bonds. The molecule has 2 aliphatic rings. The molecule has 70 heavy (non-hydrogen) atoms. The van der Waals surface area contributed by atoms with Crippen molar-refractivity contribution in [3.05, 3.63) is 172 Å². The number of aromatic nitrogens is 2. The zero-order valence-corrected chi connectivity index (χ0v) is 40.5. The fourth-order valence-corrected chi connectivity index (χ4v) is 9.28. The third-order valence-electron chi connectivity index (χ3n) is 11.0. The number of allylic oxidation sites excluding steroid dienone is 4. The van der Waals surface area contributed by atoms with E-state index in [-0.39, 0.29) is 69.7 Å². The maximum absolute atomic E-state index is 13.8. The second-order valence-electron chi connectivity index (χ2n) is 15.9. The van der Waals surface area contributed by atoms with Crippen molar-refractivity contribution in [1.82, 2.24) is 14.9 Å². The van der Waals surface area contributed by atoms with Crippen LogP contribution in [0.5, 0.6) is 5.75 Å². The molecule has 18 heteroatoms. The molecule has 2 atom stereocenters. The minimum Gasteiger partial charge on any atom is -0.489 e. The summed E-state index contributed by atoms with van der Waals surface area (Å²) in [6, 6.07) is 29.4. The number of nitrogens with one attached hydrogen (secondary N) is 3. The molecular weight excluding hydrogens is 950 g/mol. The van der Waals surface area contributed by atoms with Crippen LogP contribution in [0.4, 0.5) is 21.6 Å². The van der Waals surface area contributed by atoms with E-state index in [0.29, 0.717) is 49.1 Å². The van der Waals surface area contributed by atoms with E-state index < -0.39 is 12.0 Å². The Morgan fingerprint density at radius 1 is 0.843 bits per heavy atom. The average molecular weight is 999 g/mol.